The summed E-state index contributed by atoms with van der Waals surface area (Å²) in [5.41, 5.74) is -0.726. The molecule has 0 aromatic carbocycles. The van der Waals surface area contributed by atoms with E-state index >= 15 is 0 Å². The topological polar surface area (TPSA) is 56.5 Å². The van der Waals surface area contributed by atoms with Gasteiger partial charge in [-0.25, -0.2) is 4.79 Å². The Morgan fingerprint density at radius 1 is 1.56 bits per heavy atom. The van der Waals surface area contributed by atoms with Crippen LogP contribution in [0.3, 0.4) is 0 Å². The summed E-state index contributed by atoms with van der Waals surface area (Å²) in [7, 11) is 0. The number of aldehydes is 1. The summed E-state index contributed by atoms with van der Waals surface area (Å²) in [5.74, 6) is -3.18. The van der Waals surface area contributed by atoms with Crippen LogP contribution in [0, 0.1) is 0 Å². The zero-order chi connectivity index (χ0) is 12.3. The summed E-state index contributed by atoms with van der Waals surface area (Å²) in [6.07, 6.45) is -4.85. The summed E-state index contributed by atoms with van der Waals surface area (Å²) in [6, 6.07) is 0.702. The van der Waals surface area contributed by atoms with Crippen LogP contribution in [0.2, 0.25) is 0 Å². The van der Waals surface area contributed by atoms with Crippen LogP contribution in [-0.4, -0.2) is 18.9 Å². The molecule has 0 radical (unpaired) electrons. The van der Waals surface area contributed by atoms with Gasteiger partial charge in [0.05, 0.1) is 12.2 Å². The van der Waals surface area contributed by atoms with Gasteiger partial charge in [0.1, 0.15) is 0 Å². The molecule has 0 spiro atoms. The Morgan fingerprint density at radius 2 is 2.19 bits per heavy atom. The van der Waals surface area contributed by atoms with Gasteiger partial charge in [0.25, 0.3) is 0 Å². The number of halogens is 3. The van der Waals surface area contributed by atoms with Crippen LogP contribution in [0.25, 0.3) is 0 Å². The van der Waals surface area contributed by atoms with E-state index in [0.717, 1.165) is 0 Å². The number of hydrogen-bond donors (Lipinski definition) is 0. The van der Waals surface area contributed by atoms with Gasteiger partial charge in [-0.05, 0) is 6.92 Å². The second-order valence-electron chi connectivity index (χ2n) is 2.73. The maximum atomic E-state index is 12.3. The van der Waals surface area contributed by atoms with Crippen LogP contribution in [0.1, 0.15) is 33.6 Å². The normalized spacial score (nSPS) is 11.2. The first kappa shape index (κ1) is 12.3. The van der Waals surface area contributed by atoms with Gasteiger partial charge in [-0.2, -0.15) is 13.2 Å². The molecule has 7 heteroatoms. The van der Waals surface area contributed by atoms with Crippen molar-refractivity contribution in [2.45, 2.75) is 13.1 Å². The van der Waals surface area contributed by atoms with E-state index in [1.807, 2.05) is 0 Å². The van der Waals surface area contributed by atoms with E-state index in [9.17, 15) is 22.8 Å². The molecule has 0 saturated carbocycles. The van der Waals surface area contributed by atoms with Crippen LogP contribution >= 0.6 is 0 Å². The average Bonchev–Trinajstić information content (AvgIpc) is 2.61. The second kappa shape index (κ2) is 4.38. The largest absolute Gasteiger partial charge is 0.460 e. The second-order valence-corrected chi connectivity index (χ2v) is 2.73. The first-order chi connectivity index (χ1) is 7.40. The molecule has 0 saturated heterocycles. The fourth-order valence-corrected chi connectivity index (χ4v) is 1.02. The Hall–Kier alpha value is -1.79. The Kier molecular flexibility index (Phi) is 3.36. The Labute approximate surface area is 88.0 Å². The van der Waals surface area contributed by atoms with Crippen molar-refractivity contribution in [2.24, 2.45) is 0 Å². The zero-order valence-electron chi connectivity index (χ0n) is 8.13. The minimum atomic E-state index is -4.82. The number of furan rings is 1. The highest BCUT2D eigenvalue weighted by Gasteiger charge is 2.39. The first-order valence-corrected chi connectivity index (χ1v) is 4.23. The smallest absolute Gasteiger partial charge is 0.450 e. The average molecular weight is 236 g/mol. The third kappa shape index (κ3) is 2.41. The molecular weight excluding hydrogens is 229 g/mol. The van der Waals surface area contributed by atoms with E-state index in [1.165, 1.54) is 6.92 Å². The molecule has 0 bridgehead atoms. The molecule has 0 atom stereocenters. The van der Waals surface area contributed by atoms with Gasteiger partial charge in [-0.15, -0.1) is 0 Å². The number of esters is 1. The van der Waals surface area contributed by atoms with Crippen molar-refractivity contribution in [2.75, 3.05) is 6.61 Å². The monoisotopic (exact) mass is 236 g/mol. The Balaban J connectivity index is 3.13. The van der Waals surface area contributed by atoms with Crippen LogP contribution in [0.15, 0.2) is 10.5 Å². The van der Waals surface area contributed by atoms with Crippen molar-refractivity contribution in [1.29, 1.82) is 0 Å². The highest BCUT2D eigenvalue weighted by molar-refractivity contribution is 5.89. The fourth-order valence-electron chi connectivity index (χ4n) is 1.02. The Bertz CT molecular complexity index is 405. The summed E-state index contributed by atoms with van der Waals surface area (Å²) < 4.78 is 45.6. The third-order valence-electron chi connectivity index (χ3n) is 1.62. The standard InChI is InChI=1S/C9H7F3O4/c1-2-15-8(14)6-3-5(4-13)7(16-6)9(10,11)12/h3-4H,2H2,1H3. The Morgan fingerprint density at radius 3 is 2.56 bits per heavy atom. The van der Waals surface area contributed by atoms with E-state index in [-0.39, 0.29) is 12.9 Å². The zero-order valence-corrected chi connectivity index (χ0v) is 8.13. The molecule has 0 N–H and O–H groups in total. The number of hydrogen-bond acceptors (Lipinski definition) is 4. The predicted octanol–water partition coefficient (Wildman–Crippen LogP) is 2.29. The van der Waals surface area contributed by atoms with Crippen LogP contribution in [0.5, 0.6) is 0 Å². The fraction of sp³-hybridized carbons (Fsp3) is 0.333. The molecule has 0 aliphatic carbocycles. The van der Waals surface area contributed by atoms with Crippen molar-refractivity contribution in [3.63, 3.8) is 0 Å². The predicted molar refractivity (Wildman–Crippen MR) is 45.1 cm³/mol. The molecule has 0 unspecified atom stereocenters. The van der Waals surface area contributed by atoms with Gasteiger partial charge in [-0.1, -0.05) is 0 Å². The van der Waals surface area contributed by atoms with Crippen molar-refractivity contribution in [3.8, 4) is 0 Å². The van der Waals surface area contributed by atoms with Gasteiger partial charge in [0.15, 0.2) is 6.29 Å². The molecule has 1 aromatic heterocycles. The summed E-state index contributed by atoms with van der Waals surface area (Å²) >= 11 is 0. The van der Waals surface area contributed by atoms with Gasteiger partial charge in [0, 0.05) is 6.07 Å². The number of carbonyl (C=O) groups excluding carboxylic acids is 2. The lowest BCUT2D eigenvalue weighted by Gasteiger charge is -2.02. The number of rotatable bonds is 3. The number of ether oxygens (including phenoxy) is 1. The van der Waals surface area contributed by atoms with Gasteiger partial charge in [0.2, 0.25) is 11.5 Å². The highest BCUT2D eigenvalue weighted by Crippen LogP contribution is 2.33. The van der Waals surface area contributed by atoms with Gasteiger partial charge < -0.3 is 9.15 Å². The van der Waals surface area contributed by atoms with E-state index in [1.54, 1.807) is 0 Å². The quantitative estimate of drug-likeness (QED) is 0.596. The molecule has 1 aromatic rings. The lowest BCUT2D eigenvalue weighted by Crippen LogP contribution is -2.06. The lowest BCUT2D eigenvalue weighted by atomic mass is 10.2. The van der Waals surface area contributed by atoms with E-state index in [2.05, 4.69) is 9.15 Å². The third-order valence-corrected chi connectivity index (χ3v) is 1.62. The number of alkyl halides is 3. The molecule has 4 nitrogen and oxygen atoms in total. The van der Waals surface area contributed by atoms with Crippen molar-refractivity contribution < 1.29 is 31.9 Å². The van der Waals surface area contributed by atoms with E-state index in [4.69, 9.17) is 0 Å². The molecule has 0 aliphatic rings. The molecule has 0 amide bonds. The maximum Gasteiger partial charge on any atom is 0.450 e. The van der Waals surface area contributed by atoms with E-state index < -0.39 is 29.2 Å². The van der Waals surface area contributed by atoms with Crippen LogP contribution < -0.4 is 0 Å². The lowest BCUT2D eigenvalue weighted by molar-refractivity contribution is -0.153. The van der Waals surface area contributed by atoms with Crippen molar-refractivity contribution >= 4 is 12.3 Å². The summed E-state index contributed by atoms with van der Waals surface area (Å²) in [6.45, 7) is 1.49. The van der Waals surface area contributed by atoms with Crippen LogP contribution in [0.4, 0.5) is 13.2 Å². The molecule has 1 rings (SSSR count). The number of carbonyl (C=O) groups is 2. The molecular formula is C9H7F3O4. The SMILES string of the molecule is CCOC(=O)c1cc(C=O)c(C(F)(F)F)o1. The summed E-state index contributed by atoms with van der Waals surface area (Å²) in [5, 5.41) is 0. The molecule has 1 heterocycles. The molecule has 88 valence electrons. The molecule has 0 aliphatic heterocycles. The van der Waals surface area contributed by atoms with Gasteiger partial charge in [-0.3, -0.25) is 4.79 Å². The first-order valence-electron chi connectivity index (χ1n) is 4.23. The minimum absolute atomic E-state index is 0.00267. The minimum Gasteiger partial charge on any atom is -0.460 e. The maximum absolute atomic E-state index is 12.3. The van der Waals surface area contributed by atoms with Crippen molar-refractivity contribution in [1.82, 2.24) is 0 Å². The molecule has 16 heavy (non-hydrogen) atoms. The van der Waals surface area contributed by atoms with E-state index in [0.29, 0.717) is 6.07 Å². The molecule has 0 fully saturated rings. The van der Waals surface area contributed by atoms with Crippen LogP contribution in [-0.2, 0) is 10.9 Å². The summed E-state index contributed by atoms with van der Waals surface area (Å²) in [4.78, 5) is 21.4. The van der Waals surface area contributed by atoms with Gasteiger partial charge >= 0.3 is 12.1 Å². The van der Waals surface area contributed by atoms with Crippen molar-refractivity contribution in [3.05, 3.63) is 23.2 Å². The highest BCUT2D eigenvalue weighted by atomic mass is 19.4.